The quantitative estimate of drug-likeness (QED) is 0.283. The molecule has 0 unspecified atom stereocenters. The Morgan fingerprint density at radius 1 is 1.05 bits per heavy atom. The lowest BCUT2D eigenvalue weighted by Crippen LogP contribution is -3.00. The van der Waals surface area contributed by atoms with Gasteiger partial charge in [-0.05, 0) is 24.6 Å². The van der Waals surface area contributed by atoms with Crippen molar-refractivity contribution in [2.45, 2.75) is 6.92 Å². The zero-order valence-electron chi connectivity index (χ0n) is 13.9. The normalized spacial score (nSPS) is 18.8. The standard InChI is InChI=1S/C16H27FN2O.2HI/c1-14-5-6-16(15(17)13-14)20-12-11-19(4)9-7-18(2,3)8-10-19;;/h5-6,13H,7-12H2,1-4H3;2*1H/q+2;;/p-2. The van der Waals surface area contributed by atoms with Crippen LogP contribution in [-0.2, 0) is 0 Å². The van der Waals surface area contributed by atoms with Crippen molar-refractivity contribution in [2.75, 3.05) is 60.5 Å². The third kappa shape index (κ3) is 6.45. The summed E-state index contributed by atoms with van der Waals surface area (Å²) in [7, 11) is 6.83. The van der Waals surface area contributed by atoms with E-state index in [4.69, 9.17) is 4.74 Å². The van der Waals surface area contributed by atoms with E-state index in [0.717, 1.165) is 34.2 Å². The molecule has 1 aliphatic rings. The number of quaternary nitrogens is 2. The van der Waals surface area contributed by atoms with Crippen molar-refractivity contribution in [1.82, 2.24) is 0 Å². The van der Waals surface area contributed by atoms with Crippen LogP contribution in [0.4, 0.5) is 4.39 Å². The number of hydrogen-bond acceptors (Lipinski definition) is 1. The van der Waals surface area contributed by atoms with Crippen LogP contribution in [0.3, 0.4) is 0 Å². The lowest BCUT2D eigenvalue weighted by atomic mass is 10.2. The molecule has 1 aromatic carbocycles. The molecule has 0 spiro atoms. The predicted octanol–water partition coefficient (Wildman–Crippen LogP) is -3.94. The fourth-order valence-corrected chi connectivity index (χ4v) is 2.57. The van der Waals surface area contributed by atoms with E-state index >= 15 is 0 Å². The molecular formula is C16H27FI2N2O. The molecule has 0 atom stereocenters. The maximum atomic E-state index is 13.7. The van der Waals surface area contributed by atoms with Gasteiger partial charge >= 0.3 is 0 Å². The maximum absolute atomic E-state index is 13.7. The van der Waals surface area contributed by atoms with Gasteiger partial charge in [-0.15, -0.1) is 0 Å². The van der Waals surface area contributed by atoms with Crippen LogP contribution in [0.15, 0.2) is 18.2 Å². The summed E-state index contributed by atoms with van der Waals surface area (Å²) in [5.74, 6) is 0.111. The first kappa shape index (κ1) is 22.3. The average Bonchev–Trinajstić information content (AvgIpc) is 2.37. The van der Waals surface area contributed by atoms with Crippen LogP contribution in [0.2, 0.25) is 0 Å². The number of rotatable bonds is 4. The van der Waals surface area contributed by atoms with Gasteiger partial charge in [0.15, 0.2) is 11.6 Å². The molecule has 0 N–H and O–H groups in total. The van der Waals surface area contributed by atoms with E-state index in [1.54, 1.807) is 6.07 Å². The Labute approximate surface area is 168 Å². The maximum Gasteiger partial charge on any atom is 0.165 e. The number of piperazine rings is 1. The van der Waals surface area contributed by atoms with E-state index < -0.39 is 0 Å². The molecule has 6 heteroatoms. The Bertz CT molecular complexity index is 473. The third-order valence-corrected chi connectivity index (χ3v) is 4.47. The van der Waals surface area contributed by atoms with Gasteiger partial charge < -0.3 is 61.7 Å². The van der Waals surface area contributed by atoms with Gasteiger partial charge in [-0.3, -0.25) is 0 Å². The molecule has 0 bridgehead atoms. The highest BCUT2D eigenvalue weighted by atomic mass is 127. The van der Waals surface area contributed by atoms with Gasteiger partial charge in [-0.2, -0.15) is 0 Å². The van der Waals surface area contributed by atoms with Gasteiger partial charge in [0.2, 0.25) is 0 Å². The van der Waals surface area contributed by atoms with E-state index in [2.05, 4.69) is 21.1 Å². The van der Waals surface area contributed by atoms with Crippen molar-refractivity contribution in [3.8, 4) is 5.75 Å². The number of nitrogens with zero attached hydrogens (tertiary/aromatic N) is 2. The van der Waals surface area contributed by atoms with Gasteiger partial charge in [0.1, 0.15) is 39.3 Å². The SMILES string of the molecule is Cc1ccc(OCC[N+]2(C)CC[N+](C)(C)CC2)c(F)c1.[I-].[I-]. The Morgan fingerprint density at radius 3 is 2.18 bits per heavy atom. The Morgan fingerprint density at radius 2 is 1.64 bits per heavy atom. The largest absolute Gasteiger partial charge is 1.00 e. The lowest BCUT2D eigenvalue weighted by molar-refractivity contribution is -1.01. The highest BCUT2D eigenvalue weighted by Crippen LogP contribution is 2.19. The molecular weight excluding hydrogens is 509 g/mol. The Kier molecular flexibility index (Phi) is 9.12. The van der Waals surface area contributed by atoms with E-state index in [9.17, 15) is 4.39 Å². The van der Waals surface area contributed by atoms with Crippen molar-refractivity contribution in [1.29, 1.82) is 0 Å². The smallest absolute Gasteiger partial charge is 0.165 e. The summed E-state index contributed by atoms with van der Waals surface area (Å²) in [6.45, 7) is 8.09. The summed E-state index contributed by atoms with van der Waals surface area (Å²) in [6, 6.07) is 5.13. The molecule has 1 heterocycles. The number of likely N-dealkylation sites (N-methyl/N-ethyl adjacent to an activating group) is 2. The fraction of sp³-hybridized carbons (Fsp3) is 0.625. The summed E-state index contributed by atoms with van der Waals surface area (Å²) in [6.07, 6.45) is 0. The summed E-state index contributed by atoms with van der Waals surface area (Å²) >= 11 is 0. The zero-order valence-corrected chi connectivity index (χ0v) is 18.2. The first-order valence-corrected chi connectivity index (χ1v) is 7.34. The van der Waals surface area contributed by atoms with Crippen molar-refractivity contribution in [3.63, 3.8) is 0 Å². The number of benzene rings is 1. The minimum atomic E-state index is -0.260. The van der Waals surface area contributed by atoms with Crippen LogP contribution in [0.1, 0.15) is 5.56 Å². The first-order valence-electron chi connectivity index (χ1n) is 7.34. The van der Waals surface area contributed by atoms with Crippen LogP contribution in [0.25, 0.3) is 0 Å². The summed E-state index contributed by atoms with van der Waals surface area (Å²) in [5, 5.41) is 0. The van der Waals surface area contributed by atoms with Gasteiger partial charge in [0.05, 0.1) is 21.1 Å². The summed E-state index contributed by atoms with van der Waals surface area (Å²) in [5.41, 5.74) is 0.921. The monoisotopic (exact) mass is 536 g/mol. The second-order valence-electron chi connectivity index (χ2n) is 6.96. The molecule has 1 aromatic rings. The molecule has 128 valence electrons. The van der Waals surface area contributed by atoms with E-state index in [1.807, 2.05) is 13.0 Å². The Hall–Kier alpha value is 0.330. The number of hydrogen-bond donors (Lipinski definition) is 0. The van der Waals surface area contributed by atoms with Crippen LogP contribution < -0.4 is 52.7 Å². The highest BCUT2D eigenvalue weighted by molar-refractivity contribution is 5.28. The van der Waals surface area contributed by atoms with E-state index in [-0.39, 0.29) is 53.8 Å². The average molecular weight is 536 g/mol. The molecule has 1 fully saturated rings. The molecule has 2 rings (SSSR count). The molecule has 0 aromatic heterocycles. The van der Waals surface area contributed by atoms with Crippen LogP contribution in [-0.4, -0.2) is 69.4 Å². The summed E-state index contributed by atoms with van der Waals surface area (Å²) in [4.78, 5) is 0. The van der Waals surface area contributed by atoms with Crippen molar-refractivity contribution in [3.05, 3.63) is 29.6 Å². The van der Waals surface area contributed by atoms with Gasteiger partial charge in [-0.1, -0.05) is 6.07 Å². The van der Waals surface area contributed by atoms with Crippen LogP contribution in [0, 0.1) is 12.7 Å². The van der Waals surface area contributed by atoms with E-state index in [0.29, 0.717) is 12.4 Å². The van der Waals surface area contributed by atoms with E-state index in [1.165, 1.54) is 19.2 Å². The number of halogens is 3. The third-order valence-electron chi connectivity index (χ3n) is 4.47. The first-order chi connectivity index (χ1) is 9.30. The van der Waals surface area contributed by atoms with Crippen molar-refractivity contribution >= 4 is 0 Å². The van der Waals surface area contributed by atoms with Crippen molar-refractivity contribution in [2.24, 2.45) is 0 Å². The van der Waals surface area contributed by atoms with Crippen molar-refractivity contribution < 1.29 is 66.0 Å². The number of ether oxygens (including phenoxy) is 1. The van der Waals surface area contributed by atoms with Gasteiger partial charge in [0.25, 0.3) is 0 Å². The predicted molar refractivity (Wildman–Crippen MR) is 79.3 cm³/mol. The lowest BCUT2D eigenvalue weighted by Gasteiger charge is -2.44. The molecule has 0 aliphatic carbocycles. The fourth-order valence-electron chi connectivity index (χ4n) is 2.57. The summed E-state index contributed by atoms with van der Waals surface area (Å²) < 4.78 is 21.4. The molecule has 1 aliphatic heterocycles. The Balaban J connectivity index is 0.00000220. The molecule has 0 amide bonds. The molecule has 3 nitrogen and oxygen atoms in total. The topological polar surface area (TPSA) is 9.23 Å². The highest BCUT2D eigenvalue weighted by Gasteiger charge is 2.34. The minimum absolute atomic E-state index is 0. The molecule has 1 saturated heterocycles. The number of aryl methyl sites for hydroxylation is 1. The zero-order chi connectivity index (χ0) is 14.8. The molecule has 22 heavy (non-hydrogen) atoms. The van der Waals surface area contributed by atoms with Crippen LogP contribution >= 0.6 is 0 Å². The molecule has 0 saturated carbocycles. The second-order valence-corrected chi connectivity index (χ2v) is 6.96. The van der Waals surface area contributed by atoms with Crippen LogP contribution in [0.5, 0.6) is 5.75 Å². The molecule has 0 radical (unpaired) electrons. The van der Waals surface area contributed by atoms with Gasteiger partial charge in [-0.25, -0.2) is 4.39 Å². The minimum Gasteiger partial charge on any atom is -1.00 e. The second kappa shape index (κ2) is 8.98. The van der Waals surface area contributed by atoms with Gasteiger partial charge in [0, 0.05) is 0 Å².